The average Bonchev–Trinajstić information content (AvgIpc) is 3.20. The van der Waals surface area contributed by atoms with Crippen LogP contribution in [0.15, 0.2) is 115 Å². The van der Waals surface area contributed by atoms with E-state index in [1.54, 1.807) is 0 Å². The number of nitrogens with zero attached hydrogens (tertiary/aromatic N) is 1. The zero-order valence-electron chi connectivity index (χ0n) is 36.9. The maximum atomic E-state index is 6.52. The van der Waals surface area contributed by atoms with Crippen LogP contribution in [0, 0.1) is 0 Å². The number of anilines is 3. The Bertz CT molecular complexity index is 2390. The van der Waals surface area contributed by atoms with Crippen LogP contribution in [0.5, 0.6) is 11.5 Å². The molecule has 6 aromatic rings. The summed E-state index contributed by atoms with van der Waals surface area (Å²) in [4.78, 5) is 2.42. The molecule has 2 aliphatic heterocycles. The second kappa shape index (κ2) is 15.7. The second-order valence-electron chi connectivity index (χ2n) is 18.8. The van der Waals surface area contributed by atoms with Gasteiger partial charge in [0, 0.05) is 5.69 Å². The molecule has 58 heavy (non-hydrogen) atoms. The zero-order chi connectivity index (χ0) is 41.2. The fourth-order valence-electron chi connectivity index (χ4n) is 9.88. The minimum atomic E-state index is 0.0601. The summed E-state index contributed by atoms with van der Waals surface area (Å²) in [7, 11) is 0. The van der Waals surface area contributed by atoms with Gasteiger partial charge >= 0.3 is 0 Å². The number of fused-ring (bicyclic) bond motifs is 4. The first-order chi connectivity index (χ1) is 27.8. The van der Waals surface area contributed by atoms with Gasteiger partial charge in [0.25, 0.3) is 0 Å². The van der Waals surface area contributed by atoms with Crippen LogP contribution >= 0.6 is 0 Å². The van der Waals surface area contributed by atoms with Gasteiger partial charge in [0.2, 0.25) is 13.4 Å². The summed E-state index contributed by atoms with van der Waals surface area (Å²) >= 11 is 0. The van der Waals surface area contributed by atoms with E-state index in [1.165, 1.54) is 66.2 Å². The first-order valence-corrected chi connectivity index (χ1v) is 22.0. The number of rotatable bonds is 9. The molecule has 0 aliphatic carbocycles. The van der Waals surface area contributed by atoms with E-state index in [2.05, 4.69) is 203 Å². The van der Waals surface area contributed by atoms with Crippen molar-refractivity contribution in [3.05, 3.63) is 149 Å². The number of hydrogen-bond donors (Lipinski definition) is 0. The standard InChI is InChI=1S/C54H61B2NO/c1-32(2)38-27-41(34(5)6)53(42(28-38)35(7)8)55-45-19-13-14-20-46(45)56(54-43(36(9)10)29-39(33(3)4)30-44(54)37(11)12)48-31-40(25-26-47(48)55)57-49-21-15-17-23-51(49)58-52-24-18-16-22-50(52)57/h13-37H,1-12H3. The maximum Gasteiger partial charge on any atom is 0.240 e. The van der Waals surface area contributed by atoms with E-state index in [-0.39, 0.29) is 13.4 Å². The molecule has 0 spiro atoms. The highest BCUT2D eigenvalue weighted by molar-refractivity contribution is 7.11. The maximum absolute atomic E-state index is 6.52. The van der Waals surface area contributed by atoms with Crippen molar-refractivity contribution in [2.45, 2.75) is 119 Å². The van der Waals surface area contributed by atoms with E-state index in [4.69, 9.17) is 4.74 Å². The fraction of sp³-hybridized carbons (Fsp3) is 0.333. The van der Waals surface area contributed by atoms with Crippen molar-refractivity contribution < 1.29 is 4.74 Å². The van der Waals surface area contributed by atoms with E-state index < -0.39 is 0 Å². The lowest BCUT2D eigenvalue weighted by molar-refractivity contribution is 0.477. The normalized spacial score (nSPS) is 13.4. The Morgan fingerprint density at radius 2 is 0.741 bits per heavy atom. The second-order valence-corrected chi connectivity index (χ2v) is 18.8. The smallest absolute Gasteiger partial charge is 0.240 e. The lowest BCUT2D eigenvalue weighted by Gasteiger charge is -2.39. The number of hydrogen-bond acceptors (Lipinski definition) is 2. The molecule has 0 unspecified atom stereocenters. The van der Waals surface area contributed by atoms with Gasteiger partial charge in [-0.3, -0.25) is 0 Å². The van der Waals surface area contributed by atoms with E-state index in [9.17, 15) is 0 Å². The molecule has 0 N–H and O–H groups in total. The fourth-order valence-corrected chi connectivity index (χ4v) is 9.88. The molecule has 4 heteroatoms. The SMILES string of the molecule is CC(C)c1cc(C(C)C)c(B2c3ccccc3B(c3c(C(C)C)cc(C(C)C)cc3C(C)C)c3cc(N4c5ccccc5Oc5ccccc54)ccc32)c(C(C)C)c1. The van der Waals surface area contributed by atoms with Gasteiger partial charge in [-0.2, -0.15) is 0 Å². The van der Waals surface area contributed by atoms with Gasteiger partial charge in [-0.05, 0) is 105 Å². The molecule has 2 heterocycles. The van der Waals surface area contributed by atoms with Gasteiger partial charge < -0.3 is 9.64 Å². The Morgan fingerprint density at radius 1 is 0.379 bits per heavy atom. The molecule has 0 aromatic heterocycles. The van der Waals surface area contributed by atoms with Crippen LogP contribution in [-0.2, 0) is 0 Å². The molecule has 294 valence electrons. The lowest BCUT2D eigenvalue weighted by atomic mass is 9.20. The summed E-state index contributed by atoms with van der Waals surface area (Å²) in [5.41, 5.74) is 20.7. The summed E-state index contributed by atoms with van der Waals surface area (Å²) in [5.74, 6) is 4.14. The molecule has 0 radical (unpaired) electrons. The molecule has 0 amide bonds. The topological polar surface area (TPSA) is 12.5 Å². The lowest BCUT2D eigenvalue weighted by Crippen LogP contribution is -2.76. The summed E-state index contributed by atoms with van der Waals surface area (Å²) in [5, 5.41) is 0. The van der Waals surface area contributed by atoms with E-state index >= 15 is 0 Å². The molecular weight excluding hydrogens is 700 g/mol. The molecule has 2 nitrogen and oxygen atoms in total. The monoisotopic (exact) mass is 761 g/mol. The molecular formula is C54H61B2NO. The summed E-state index contributed by atoms with van der Waals surface area (Å²) in [6.07, 6.45) is 0. The predicted octanol–water partition coefficient (Wildman–Crippen LogP) is 11.3. The minimum absolute atomic E-state index is 0.0601. The van der Waals surface area contributed by atoms with Crippen molar-refractivity contribution >= 4 is 63.3 Å². The van der Waals surface area contributed by atoms with Crippen molar-refractivity contribution in [2.24, 2.45) is 0 Å². The van der Waals surface area contributed by atoms with Gasteiger partial charge in [-0.1, -0.05) is 195 Å². The third kappa shape index (κ3) is 6.81. The van der Waals surface area contributed by atoms with Crippen LogP contribution in [0.1, 0.15) is 152 Å². The molecule has 0 fully saturated rings. The summed E-state index contributed by atoms with van der Waals surface area (Å²) in [6.45, 7) is 28.6. The van der Waals surface area contributed by atoms with Crippen LogP contribution in [0.4, 0.5) is 17.1 Å². The Balaban J connectivity index is 1.50. The van der Waals surface area contributed by atoms with Crippen LogP contribution in [0.2, 0.25) is 0 Å². The molecule has 0 saturated heterocycles. The van der Waals surface area contributed by atoms with Gasteiger partial charge in [0.05, 0.1) is 11.4 Å². The summed E-state index contributed by atoms with van der Waals surface area (Å²) < 4.78 is 6.52. The van der Waals surface area contributed by atoms with Crippen LogP contribution in [0.3, 0.4) is 0 Å². The molecule has 8 rings (SSSR count). The van der Waals surface area contributed by atoms with Crippen molar-refractivity contribution in [3.63, 3.8) is 0 Å². The number of benzene rings is 6. The predicted molar refractivity (Wildman–Crippen MR) is 254 cm³/mol. The largest absolute Gasteiger partial charge is 0.453 e. The zero-order valence-corrected chi connectivity index (χ0v) is 36.9. The first-order valence-electron chi connectivity index (χ1n) is 22.0. The summed E-state index contributed by atoms with van der Waals surface area (Å²) in [6, 6.07) is 44.0. The van der Waals surface area contributed by atoms with Crippen LogP contribution in [-0.4, -0.2) is 13.4 Å². The number of para-hydroxylation sites is 4. The van der Waals surface area contributed by atoms with Gasteiger partial charge in [-0.15, -0.1) is 0 Å². The Labute approximate surface area is 350 Å². The van der Waals surface area contributed by atoms with Gasteiger partial charge in [0.15, 0.2) is 11.5 Å². The highest BCUT2D eigenvalue weighted by Crippen LogP contribution is 2.50. The third-order valence-corrected chi connectivity index (χ3v) is 12.9. The van der Waals surface area contributed by atoms with Crippen LogP contribution < -0.4 is 42.4 Å². The van der Waals surface area contributed by atoms with E-state index in [1.807, 2.05) is 0 Å². The molecule has 2 aliphatic rings. The molecule has 0 bridgehead atoms. The Hall–Kier alpha value is -4.95. The van der Waals surface area contributed by atoms with Crippen molar-refractivity contribution in [2.75, 3.05) is 4.90 Å². The van der Waals surface area contributed by atoms with Gasteiger partial charge in [-0.25, -0.2) is 0 Å². The number of ether oxygens (including phenoxy) is 1. The Kier molecular flexibility index (Phi) is 10.8. The molecule has 6 aromatic carbocycles. The quantitative estimate of drug-likeness (QED) is 0.136. The highest BCUT2D eigenvalue weighted by Gasteiger charge is 2.43. The molecule has 0 saturated carbocycles. The van der Waals surface area contributed by atoms with E-state index in [0.29, 0.717) is 35.5 Å². The van der Waals surface area contributed by atoms with Crippen LogP contribution in [0.25, 0.3) is 0 Å². The Morgan fingerprint density at radius 3 is 1.14 bits per heavy atom. The van der Waals surface area contributed by atoms with Gasteiger partial charge in [0.1, 0.15) is 0 Å². The molecule has 0 atom stereocenters. The van der Waals surface area contributed by atoms with Crippen molar-refractivity contribution in [1.82, 2.24) is 0 Å². The van der Waals surface area contributed by atoms with Crippen molar-refractivity contribution in [1.29, 1.82) is 0 Å². The van der Waals surface area contributed by atoms with Crippen molar-refractivity contribution in [3.8, 4) is 11.5 Å². The first kappa shape index (κ1) is 39.9. The highest BCUT2D eigenvalue weighted by atomic mass is 16.5. The third-order valence-electron chi connectivity index (χ3n) is 12.9. The minimum Gasteiger partial charge on any atom is -0.453 e. The van der Waals surface area contributed by atoms with E-state index in [0.717, 1.165) is 28.6 Å². The average molecular weight is 762 g/mol.